The van der Waals surface area contributed by atoms with Crippen LogP contribution < -0.4 is 0 Å². The molecule has 0 spiro atoms. The zero-order valence-electron chi connectivity index (χ0n) is 52.5. The van der Waals surface area contributed by atoms with Crippen molar-refractivity contribution in [1.29, 1.82) is 0 Å². The SMILES string of the molecule is CC(C)c1cc(-c2ccc(-c3nc(C(C)(C)C)nc(C(C)(C)C)n3)cc2)cc(C(C)C)c1-n1c(-c2[c-]ccc3c2oc2ccccc23)nc2ccccc21.[Ir+3].[c-]1cc(CCc2cccc(CCc3ccc(-c4[c-]cccc4)nc3)c2)ccc1-c1ccccn1. The van der Waals surface area contributed by atoms with E-state index in [1.807, 2.05) is 73.1 Å². The third kappa shape index (κ3) is 13.7. The molecule has 13 rings (SSSR count). The van der Waals surface area contributed by atoms with E-state index in [9.17, 15) is 0 Å². The van der Waals surface area contributed by atoms with E-state index in [4.69, 9.17) is 24.4 Å². The molecule has 0 saturated heterocycles. The summed E-state index contributed by atoms with van der Waals surface area (Å²) in [6.45, 7) is 22.0. The predicted molar refractivity (Wildman–Crippen MR) is 361 cm³/mol. The quantitative estimate of drug-likeness (QED) is 0.100. The van der Waals surface area contributed by atoms with Crippen molar-refractivity contribution < 1.29 is 24.5 Å². The van der Waals surface area contributed by atoms with Gasteiger partial charge in [-0.1, -0.05) is 190 Å². The van der Waals surface area contributed by atoms with Crippen molar-refractivity contribution in [2.45, 2.75) is 118 Å². The molecule has 0 aliphatic carbocycles. The van der Waals surface area contributed by atoms with E-state index in [0.29, 0.717) is 5.82 Å². The molecule has 444 valence electrons. The topological polar surface area (TPSA) is 95.4 Å². The Morgan fingerprint density at radius 1 is 0.483 bits per heavy atom. The molecule has 8 nitrogen and oxygen atoms in total. The number of para-hydroxylation sites is 3. The van der Waals surface area contributed by atoms with Gasteiger partial charge in [-0.15, -0.1) is 89.5 Å². The summed E-state index contributed by atoms with van der Waals surface area (Å²) in [7, 11) is 0. The van der Waals surface area contributed by atoms with Crippen LogP contribution in [0.3, 0.4) is 0 Å². The van der Waals surface area contributed by atoms with Gasteiger partial charge in [0.05, 0.1) is 22.4 Å². The largest absolute Gasteiger partial charge is 3.00 e. The molecule has 5 aromatic heterocycles. The molecule has 5 heterocycles. The minimum atomic E-state index is -0.198. The van der Waals surface area contributed by atoms with Gasteiger partial charge in [0.2, 0.25) is 0 Å². The molecular formula is C80H74IrN7O. The number of aromatic nitrogens is 7. The molecular weight excluding hydrogens is 1270 g/mol. The molecule has 0 bridgehead atoms. The molecule has 8 aromatic carbocycles. The van der Waals surface area contributed by atoms with Crippen LogP contribution in [0, 0.1) is 18.2 Å². The zero-order chi connectivity index (χ0) is 61.1. The second-order valence-corrected chi connectivity index (χ2v) is 25.6. The maximum Gasteiger partial charge on any atom is 3.00 e. The minimum Gasteiger partial charge on any atom is -0.501 e. The first-order valence-electron chi connectivity index (χ1n) is 30.8. The molecule has 0 N–H and O–H groups in total. The van der Waals surface area contributed by atoms with Gasteiger partial charge in [0.25, 0.3) is 0 Å². The number of hydrogen-bond acceptors (Lipinski definition) is 7. The summed E-state index contributed by atoms with van der Waals surface area (Å²) in [5.41, 5.74) is 20.4. The van der Waals surface area contributed by atoms with Crippen molar-refractivity contribution in [3.05, 3.63) is 270 Å². The van der Waals surface area contributed by atoms with Gasteiger partial charge in [-0.2, -0.15) is 0 Å². The van der Waals surface area contributed by atoms with Gasteiger partial charge >= 0.3 is 20.1 Å². The normalized spacial score (nSPS) is 11.8. The Bertz CT molecular complexity index is 4390. The van der Waals surface area contributed by atoms with E-state index in [2.05, 4.69) is 235 Å². The summed E-state index contributed by atoms with van der Waals surface area (Å²) in [5, 5.41) is 2.15. The molecule has 0 aliphatic rings. The summed E-state index contributed by atoms with van der Waals surface area (Å²) in [6.07, 6.45) is 7.83. The Hall–Kier alpha value is -9.01. The monoisotopic (exact) mass is 1340 g/mol. The number of pyridine rings is 2. The maximum atomic E-state index is 6.55. The number of furan rings is 1. The molecule has 89 heavy (non-hydrogen) atoms. The second kappa shape index (κ2) is 26.4. The number of nitrogens with zero attached hydrogens (tertiary/aromatic N) is 7. The first-order valence-corrected chi connectivity index (χ1v) is 30.8. The first kappa shape index (κ1) is 61.6. The Labute approximate surface area is 538 Å². The van der Waals surface area contributed by atoms with Crippen LogP contribution in [0.2, 0.25) is 0 Å². The Balaban J connectivity index is 0.000000201. The summed E-state index contributed by atoms with van der Waals surface area (Å²) in [5.74, 6) is 3.61. The Kier molecular flexibility index (Phi) is 18.3. The number of imidazole rings is 1. The van der Waals surface area contributed by atoms with Crippen LogP contribution in [0.5, 0.6) is 0 Å². The third-order valence-corrected chi connectivity index (χ3v) is 16.2. The van der Waals surface area contributed by atoms with Crippen molar-refractivity contribution in [2.24, 2.45) is 0 Å². The fourth-order valence-corrected chi connectivity index (χ4v) is 11.3. The number of aryl methyl sites for hydroxylation is 4. The number of hydrogen-bond donors (Lipinski definition) is 0. The Morgan fingerprint density at radius 3 is 1.75 bits per heavy atom. The van der Waals surface area contributed by atoms with Gasteiger partial charge in [0.1, 0.15) is 17.2 Å². The molecule has 0 radical (unpaired) electrons. The van der Waals surface area contributed by atoms with Crippen molar-refractivity contribution in [2.75, 3.05) is 0 Å². The number of fused-ring (bicyclic) bond motifs is 4. The standard InChI is InChI=1S/C48H48N5O.C32H26N2.Ir/c1-28(2)36-26-32(30-22-24-31(25-23-30)43-50-45(47(5,6)7)52-46(51-43)48(8,9)10)27-37(29(3)4)41(36)53-39-20-13-12-19-38(39)49-44(53)35-18-15-17-34-33-16-11-14-21-40(33)54-42(34)35;1-2-9-29(10-3-1)32-21-18-28(24-34-32)15-14-27-8-6-7-26(23-27)13-12-25-16-19-30(20-17-25)31-11-4-5-22-33-31;/h11-17,19-29H,1-10H3;1-9,11,16-19,21-24H,12-15H2;/q-1;-2;+3. The maximum absolute atomic E-state index is 6.55. The van der Waals surface area contributed by atoms with Gasteiger partial charge in [0.15, 0.2) is 5.82 Å². The average molecular weight is 1340 g/mol. The molecule has 9 heteroatoms. The minimum absolute atomic E-state index is 0. The van der Waals surface area contributed by atoms with Crippen LogP contribution in [-0.2, 0) is 56.6 Å². The fraction of sp³-hybridized carbons (Fsp3) is 0.225. The molecule has 0 unspecified atom stereocenters. The molecule has 13 aromatic rings. The fourth-order valence-electron chi connectivity index (χ4n) is 11.3. The first-order chi connectivity index (χ1) is 42.5. The summed E-state index contributed by atoms with van der Waals surface area (Å²) in [4.78, 5) is 29.1. The Morgan fingerprint density at radius 2 is 1.11 bits per heavy atom. The third-order valence-electron chi connectivity index (χ3n) is 16.2. The zero-order valence-corrected chi connectivity index (χ0v) is 54.9. The van der Waals surface area contributed by atoms with E-state index in [0.717, 1.165) is 115 Å². The number of benzene rings is 8. The van der Waals surface area contributed by atoms with Gasteiger partial charge in [-0.05, 0) is 118 Å². The van der Waals surface area contributed by atoms with E-state index in [1.165, 1.54) is 44.6 Å². The van der Waals surface area contributed by atoms with Crippen LogP contribution in [0.4, 0.5) is 0 Å². The van der Waals surface area contributed by atoms with Crippen molar-refractivity contribution in [1.82, 2.24) is 34.5 Å². The molecule has 0 atom stereocenters. The number of rotatable bonds is 14. The van der Waals surface area contributed by atoms with Crippen molar-refractivity contribution in [3.8, 4) is 62.1 Å². The van der Waals surface area contributed by atoms with Crippen LogP contribution in [0.1, 0.15) is 126 Å². The average Bonchev–Trinajstić information content (AvgIpc) is 1.69. The van der Waals surface area contributed by atoms with Gasteiger partial charge in [0, 0.05) is 39.9 Å². The summed E-state index contributed by atoms with van der Waals surface area (Å²) < 4.78 is 8.90. The second-order valence-electron chi connectivity index (χ2n) is 25.6. The van der Waals surface area contributed by atoms with Crippen molar-refractivity contribution in [3.63, 3.8) is 0 Å². The van der Waals surface area contributed by atoms with E-state index in [1.54, 1.807) is 0 Å². The smallest absolute Gasteiger partial charge is 0.501 e. The predicted octanol–water partition coefficient (Wildman–Crippen LogP) is 19.7. The molecule has 0 aliphatic heterocycles. The van der Waals surface area contributed by atoms with Gasteiger partial charge < -0.3 is 19.0 Å². The van der Waals surface area contributed by atoms with Crippen LogP contribution in [0.15, 0.2) is 211 Å². The summed E-state index contributed by atoms with van der Waals surface area (Å²) in [6, 6.07) is 77.8. The van der Waals surface area contributed by atoms with E-state index >= 15 is 0 Å². The van der Waals surface area contributed by atoms with Crippen molar-refractivity contribution >= 4 is 33.0 Å². The van der Waals surface area contributed by atoms with Gasteiger partial charge in [-0.3, -0.25) is 4.98 Å². The molecule has 0 fully saturated rings. The van der Waals surface area contributed by atoms with E-state index < -0.39 is 0 Å². The molecule has 0 amide bonds. The van der Waals surface area contributed by atoms with Crippen LogP contribution in [0.25, 0.3) is 95.1 Å². The molecule has 0 saturated carbocycles. The van der Waals surface area contributed by atoms with Crippen LogP contribution in [-0.4, -0.2) is 34.5 Å². The van der Waals surface area contributed by atoms with E-state index in [-0.39, 0.29) is 42.8 Å². The van der Waals surface area contributed by atoms with Crippen LogP contribution >= 0.6 is 0 Å². The summed E-state index contributed by atoms with van der Waals surface area (Å²) >= 11 is 0. The van der Waals surface area contributed by atoms with Gasteiger partial charge in [-0.25, -0.2) is 15.0 Å².